The summed E-state index contributed by atoms with van der Waals surface area (Å²) < 4.78 is 11.0. The van der Waals surface area contributed by atoms with E-state index in [2.05, 4.69) is 15.6 Å². The first kappa shape index (κ1) is 24.9. The van der Waals surface area contributed by atoms with E-state index in [1.54, 1.807) is 42.6 Å². The Morgan fingerprint density at radius 1 is 1.00 bits per heavy atom. The SMILES string of the molecule is COc1cc(C=C(C#N)C(=O)Nc2cccc3ncccc23)ccc1OCC(=O)Nc1ccc(C)cc1. The predicted octanol–water partition coefficient (Wildman–Crippen LogP) is 5.12. The van der Waals surface area contributed by atoms with Crippen molar-refractivity contribution in [2.75, 3.05) is 24.4 Å². The van der Waals surface area contributed by atoms with Crippen molar-refractivity contribution in [1.29, 1.82) is 5.26 Å². The van der Waals surface area contributed by atoms with Gasteiger partial charge in [0.05, 0.1) is 18.3 Å². The molecule has 0 aliphatic rings. The molecule has 4 rings (SSSR count). The summed E-state index contributed by atoms with van der Waals surface area (Å²) >= 11 is 0. The van der Waals surface area contributed by atoms with Gasteiger partial charge in [-0.2, -0.15) is 5.26 Å². The molecule has 2 N–H and O–H groups in total. The standard InChI is InChI=1S/C29H24N4O4/c1-19-8-11-22(12-9-19)32-28(34)18-37-26-13-10-20(16-27(26)36-2)15-21(17-30)29(35)33-25-7-3-6-24-23(25)5-4-14-31-24/h3-16H,18H2,1-2H3,(H,32,34)(H,33,35). The van der Waals surface area contributed by atoms with Crippen molar-refractivity contribution in [2.24, 2.45) is 0 Å². The van der Waals surface area contributed by atoms with Crippen LogP contribution in [0.5, 0.6) is 11.5 Å². The van der Waals surface area contributed by atoms with Gasteiger partial charge in [-0.1, -0.05) is 29.8 Å². The van der Waals surface area contributed by atoms with Gasteiger partial charge in [0, 0.05) is 17.3 Å². The van der Waals surface area contributed by atoms with E-state index in [4.69, 9.17) is 9.47 Å². The molecular weight excluding hydrogens is 468 g/mol. The molecule has 37 heavy (non-hydrogen) atoms. The molecule has 0 radical (unpaired) electrons. The summed E-state index contributed by atoms with van der Waals surface area (Å²) in [7, 11) is 1.47. The van der Waals surface area contributed by atoms with E-state index in [1.807, 2.05) is 49.4 Å². The predicted molar refractivity (Wildman–Crippen MR) is 142 cm³/mol. The number of aryl methyl sites for hydroxylation is 1. The van der Waals surface area contributed by atoms with Crippen LogP contribution in [0.3, 0.4) is 0 Å². The maximum atomic E-state index is 12.8. The van der Waals surface area contributed by atoms with Crippen molar-refractivity contribution in [1.82, 2.24) is 4.98 Å². The second-order valence-corrected chi connectivity index (χ2v) is 8.11. The molecule has 0 bridgehead atoms. The third kappa shape index (κ3) is 6.29. The summed E-state index contributed by atoms with van der Waals surface area (Å²) in [5.41, 5.74) is 3.52. The summed E-state index contributed by atoms with van der Waals surface area (Å²) in [5, 5.41) is 15.9. The Bertz CT molecular complexity index is 1520. The van der Waals surface area contributed by atoms with Crippen molar-refractivity contribution in [2.45, 2.75) is 6.92 Å². The molecule has 4 aromatic rings. The van der Waals surface area contributed by atoms with Gasteiger partial charge in [-0.25, -0.2) is 0 Å². The second kappa shape index (κ2) is 11.5. The number of hydrogen-bond acceptors (Lipinski definition) is 6. The van der Waals surface area contributed by atoms with Gasteiger partial charge in [-0.15, -0.1) is 0 Å². The van der Waals surface area contributed by atoms with Crippen LogP contribution in [0.1, 0.15) is 11.1 Å². The van der Waals surface area contributed by atoms with E-state index in [-0.39, 0.29) is 18.1 Å². The molecule has 1 aromatic heterocycles. The van der Waals surface area contributed by atoms with Crippen molar-refractivity contribution in [3.63, 3.8) is 0 Å². The average molecular weight is 493 g/mol. The fourth-order valence-corrected chi connectivity index (χ4v) is 3.59. The molecule has 0 spiro atoms. The normalized spacial score (nSPS) is 10.9. The molecule has 3 aromatic carbocycles. The van der Waals surface area contributed by atoms with Crippen molar-refractivity contribution in [3.8, 4) is 17.6 Å². The number of rotatable bonds is 8. The van der Waals surface area contributed by atoms with Gasteiger partial charge in [0.2, 0.25) is 0 Å². The minimum atomic E-state index is -0.550. The zero-order valence-electron chi connectivity index (χ0n) is 20.3. The Balaban J connectivity index is 1.45. The van der Waals surface area contributed by atoms with Crippen molar-refractivity contribution in [3.05, 3.63) is 95.7 Å². The lowest BCUT2D eigenvalue weighted by atomic mass is 10.1. The lowest BCUT2D eigenvalue weighted by Crippen LogP contribution is -2.20. The molecule has 0 aliphatic carbocycles. The quantitative estimate of drug-likeness (QED) is 0.261. The molecule has 0 fully saturated rings. The first-order valence-corrected chi connectivity index (χ1v) is 11.4. The Morgan fingerprint density at radius 2 is 1.81 bits per heavy atom. The zero-order chi connectivity index (χ0) is 26.2. The Kier molecular flexibility index (Phi) is 7.76. The average Bonchev–Trinajstić information content (AvgIpc) is 2.92. The molecular formula is C29H24N4O4. The molecule has 184 valence electrons. The number of methoxy groups -OCH3 is 1. The third-order valence-corrected chi connectivity index (χ3v) is 5.45. The van der Waals surface area contributed by atoms with Crippen LogP contribution in [0.15, 0.2) is 84.6 Å². The first-order valence-electron chi connectivity index (χ1n) is 11.4. The lowest BCUT2D eigenvalue weighted by Gasteiger charge is -2.12. The number of carbonyl (C=O) groups is 2. The molecule has 0 unspecified atom stereocenters. The molecule has 0 aliphatic heterocycles. The van der Waals surface area contributed by atoms with Gasteiger partial charge in [-0.3, -0.25) is 14.6 Å². The van der Waals surface area contributed by atoms with Crippen LogP contribution in [0.4, 0.5) is 11.4 Å². The van der Waals surface area contributed by atoms with Crippen LogP contribution in [0.2, 0.25) is 0 Å². The Labute approximate surface area is 214 Å². The summed E-state index contributed by atoms with van der Waals surface area (Å²) in [6.07, 6.45) is 3.13. The number of benzene rings is 3. The van der Waals surface area contributed by atoms with E-state index in [1.165, 1.54) is 13.2 Å². The molecule has 0 saturated carbocycles. The molecule has 1 heterocycles. The minimum absolute atomic E-state index is 0.0888. The van der Waals surface area contributed by atoms with Crippen LogP contribution in [-0.4, -0.2) is 30.5 Å². The number of aromatic nitrogens is 1. The number of nitriles is 1. The van der Waals surface area contributed by atoms with E-state index >= 15 is 0 Å². The number of pyridine rings is 1. The number of anilines is 2. The number of carbonyl (C=O) groups excluding carboxylic acids is 2. The topological polar surface area (TPSA) is 113 Å². The molecule has 2 amide bonds. The smallest absolute Gasteiger partial charge is 0.266 e. The van der Waals surface area contributed by atoms with Gasteiger partial charge in [0.1, 0.15) is 11.6 Å². The van der Waals surface area contributed by atoms with E-state index in [0.29, 0.717) is 28.4 Å². The summed E-state index contributed by atoms with van der Waals surface area (Å²) in [4.78, 5) is 29.4. The molecule has 0 saturated heterocycles. The largest absolute Gasteiger partial charge is 0.493 e. The van der Waals surface area contributed by atoms with E-state index in [9.17, 15) is 14.9 Å². The molecule has 8 heteroatoms. The highest BCUT2D eigenvalue weighted by atomic mass is 16.5. The van der Waals surface area contributed by atoms with Crippen LogP contribution >= 0.6 is 0 Å². The summed E-state index contributed by atoms with van der Waals surface area (Å²) in [6.45, 7) is 1.75. The first-order chi connectivity index (χ1) is 18.0. The Morgan fingerprint density at radius 3 is 2.57 bits per heavy atom. The van der Waals surface area contributed by atoms with Gasteiger partial charge < -0.3 is 20.1 Å². The Hall–Kier alpha value is -5.16. The number of hydrogen-bond donors (Lipinski definition) is 2. The third-order valence-electron chi connectivity index (χ3n) is 5.45. The number of ether oxygens (including phenoxy) is 2. The zero-order valence-corrected chi connectivity index (χ0v) is 20.3. The fourth-order valence-electron chi connectivity index (χ4n) is 3.59. The maximum absolute atomic E-state index is 12.8. The fraction of sp³-hybridized carbons (Fsp3) is 0.103. The van der Waals surface area contributed by atoms with Gasteiger partial charge in [-0.05, 0) is 67.1 Å². The number of nitrogens with zero attached hydrogens (tertiary/aromatic N) is 2. The summed E-state index contributed by atoms with van der Waals surface area (Å²) in [6, 6.07) is 23.3. The van der Waals surface area contributed by atoms with E-state index in [0.717, 1.165) is 16.5 Å². The molecule has 8 nitrogen and oxygen atoms in total. The van der Waals surface area contributed by atoms with Crippen LogP contribution in [0.25, 0.3) is 17.0 Å². The highest BCUT2D eigenvalue weighted by Gasteiger charge is 2.13. The highest BCUT2D eigenvalue weighted by molar-refractivity contribution is 6.12. The maximum Gasteiger partial charge on any atom is 0.266 e. The number of fused-ring (bicyclic) bond motifs is 1. The van der Waals surface area contributed by atoms with Gasteiger partial charge in [0.15, 0.2) is 18.1 Å². The molecule has 0 atom stereocenters. The number of nitrogens with one attached hydrogen (secondary N) is 2. The van der Waals surface area contributed by atoms with Crippen LogP contribution in [-0.2, 0) is 9.59 Å². The monoisotopic (exact) mass is 492 g/mol. The minimum Gasteiger partial charge on any atom is -0.493 e. The lowest BCUT2D eigenvalue weighted by molar-refractivity contribution is -0.118. The highest BCUT2D eigenvalue weighted by Crippen LogP contribution is 2.29. The second-order valence-electron chi connectivity index (χ2n) is 8.11. The van der Waals surface area contributed by atoms with Gasteiger partial charge >= 0.3 is 0 Å². The van der Waals surface area contributed by atoms with Gasteiger partial charge in [0.25, 0.3) is 11.8 Å². The van der Waals surface area contributed by atoms with Crippen molar-refractivity contribution >= 4 is 40.2 Å². The van der Waals surface area contributed by atoms with Crippen LogP contribution < -0.4 is 20.1 Å². The summed E-state index contributed by atoms with van der Waals surface area (Å²) in [5.74, 6) is -0.160. The van der Waals surface area contributed by atoms with Crippen LogP contribution in [0, 0.1) is 18.3 Å². The van der Waals surface area contributed by atoms with Crippen molar-refractivity contribution < 1.29 is 19.1 Å². The van der Waals surface area contributed by atoms with E-state index < -0.39 is 5.91 Å². The number of amides is 2.